The Balaban J connectivity index is 3.45. The summed E-state index contributed by atoms with van der Waals surface area (Å²) < 4.78 is 15.8. The Morgan fingerprint density at radius 2 is 1.53 bits per heavy atom. The average molecular weight is 240 g/mol. The smallest absolute Gasteiger partial charge is 0.131 e. The number of ether oxygens (including phenoxy) is 3. The van der Waals surface area contributed by atoms with Crippen molar-refractivity contribution in [2.45, 2.75) is 12.5 Å². The molecule has 17 heavy (non-hydrogen) atoms. The number of benzene rings is 1. The van der Waals surface area contributed by atoms with Crippen molar-refractivity contribution < 1.29 is 14.2 Å². The molecular formula is C12H20N2O3. The first kappa shape index (κ1) is 13.6. The summed E-state index contributed by atoms with van der Waals surface area (Å²) in [4.78, 5) is 0. The molecule has 0 spiro atoms. The molecule has 0 amide bonds. The van der Waals surface area contributed by atoms with Gasteiger partial charge in [-0.15, -0.1) is 0 Å². The summed E-state index contributed by atoms with van der Waals surface area (Å²) in [5.41, 5.74) is 11.9. The van der Waals surface area contributed by atoms with Crippen LogP contribution in [0.2, 0.25) is 0 Å². The Bertz CT molecular complexity index is 366. The van der Waals surface area contributed by atoms with Crippen LogP contribution in [0.25, 0.3) is 0 Å². The highest BCUT2D eigenvalue weighted by molar-refractivity contribution is 5.54. The fourth-order valence-corrected chi connectivity index (χ4v) is 1.67. The van der Waals surface area contributed by atoms with Gasteiger partial charge >= 0.3 is 0 Å². The van der Waals surface area contributed by atoms with Crippen molar-refractivity contribution in [3.8, 4) is 17.2 Å². The first-order chi connectivity index (χ1) is 8.00. The average Bonchev–Trinajstić information content (AvgIpc) is 2.36. The van der Waals surface area contributed by atoms with Crippen LogP contribution in [0.3, 0.4) is 0 Å². The summed E-state index contributed by atoms with van der Waals surface area (Å²) in [7, 11) is 4.73. The maximum Gasteiger partial charge on any atom is 0.131 e. The largest absolute Gasteiger partial charge is 0.496 e. The van der Waals surface area contributed by atoms with Crippen LogP contribution in [0.15, 0.2) is 12.1 Å². The number of nitrogens with two attached hydrogens (primary N) is 2. The molecule has 1 atom stereocenters. The molecule has 1 aromatic carbocycles. The van der Waals surface area contributed by atoms with Crippen molar-refractivity contribution in [2.24, 2.45) is 11.5 Å². The second-order valence-electron chi connectivity index (χ2n) is 4.03. The van der Waals surface area contributed by atoms with E-state index in [1.54, 1.807) is 33.5 Å². The maximum atomic E-state index is 6.16. The third-order valence-electron chi connectivity index (χ3n) is 2.71. The highest BCUT2D eigenvalue weighted by Gasteiger charge is 2.28. The van der Waals surface area contributed by atoms with Gasteiger partial charge in [0.1, 0.15) is 17.2 Å². The number of hydrogen-bond donors (Lipinski definition) is 2. The molecule has 0 saturated carbocycles. The molecule has 0 aliphatic carbocycles. The van der Waals surface area contributed by atoms with Gasteiger partial charge in [-0.3, -0.25) is 0 Å². The minimum atomic E-state index is -0.719. The van der Waals surface area contributed by atoms with Gasteiger partial charge in [-0.2, -0.15) is 0 Å². The molecule has 0 aromatic heterocycles. The van der Waals surface area contributed by atoms with Crippen LogP contribution in [-0.4, -0.2) is 27.9 Å². The van der Waals surface area contributed by atoms with Crippen LogP contribution in [0.5, 0.6) is 17.2 Å². The fraction of sp³-hybridized carbons (Fsp3) is 0.500. The zero-order valence-corrected chi connectivity index (χ0v) is 10.7. The zero-order chi connectivity index (χ0) is 13.1. The standard InChI is InChI=1S/C12H20N2O3/c1-12(14,7-13)11-9(16-3)5-8(15-2)6-10(11)17-4/h5-6H,7,13-14H2,1-4H3. The van der Waals surface area contributed by atoms with Gasteiger partial charge in [0.15, 0.2) is 0 Å². The van der Waals surface area contributed by atoms with Crippen molar-refractivity contribution in [2.75, 3.05) is 27.9 Å². The topological polar surface area (TPSA) is 79.7 Å². The molecule has 96 valence electrons. The van der Waals surface area contributed by atoms with Crippen LogP contribution in [0.1, 0.15) is 12.5 Å². The van der Waals surface area contributed by atoms with Crippen molar-refractivity contribution in [3.63, 3.8) is 0 Å². The highest BCUT2D eigenvalue weighted by Crippen LogP contribution is 2.39. The van der Waals surface area contributed by atoms with E-state index < -0.39 is 5.54 Å². The van der Waals surface area contributed by atoms with Gasteiger partial charge in [0.05, 0.1) is 32.4 Å². The molecule has 1 aromatic rings. The quantitative estimate of drug-likeness (QED) is 0.797. The molecule has 0 aliphatic rings. The number of hydrogen-bond acceptors (Lipinski definition) is 5. The first-order valence-corrected chi connectivity index (χ1v) is 5.29. The lowest BCUT2D eigenvalue weighted by atomic mass is 9.91. The van der Waals surface area contributed by atoms with E-state index in [0.717, 1.165) is 5.56 Å². The van der Waals surface area contributed by atoms with Crippen LogP contribution in [-0.2, 0) is 5.54 Å². The summed E-state index contributed by atoms with van der Waals surface area (Å²) in [5, 5.41) is 0. The van der Waals surface area contributed by atoms with Crippen LogP contribution < -0.4 is 25.7 Å². The monoisotopic (exact) mass is 240 g/mol. The molecule has 0 fully saturated rings. The Labute approximate surface area is 102 Å². The molecular weight excluding hydrogens is 220 g/mol. The molecule has 0 saturated heterocycles. The minimum absolute atomic E-state index is 0.284. The minimum Gasteiger partial charge on any atom is -0.496 e. The van der Waals surface area contributed by atoms with Gasteiger partial charge in [-0.1, -0.05) is 0 Å². The van der Waals surface area contributed by atoms with Crippen LogP contribution >= 0.6 is 0 Å². The van der Waals surface area contributed by atoms with Crippen molar-refractivity contribution in [1.29, 1.82) is 0 Å². The van der Waals surface area contributed by atoms with Crippen LogP contribution in [0.4, 0.5) is 0 Å². The lowest BCUT2D eigenvalue weighted by Gasteiger charge is -2.27. The lowest BCUT2D eigenvalue weighted by molar-refractivity contribution is 0.348. The zero-order valence-electron chi connectivity index (χ0n) is 10.7. The van der Waals surface area contributed by atoms with E-state index in [-0.39, 0.29) is 6.54 Å². The summed E-state index contributed by atoms with van der Waals surface area (Å²) in [6.07, 6.45) is 0. The highest BCUT2D eigenvalue weighted by atomic mass is 16.5. The van der Waals surface area contributed by atoms with Gasteiger partial charge in [0, 0.05) is 18.7 Å². The van der Waals surface area contributed by atoms with E-state index in [4.69, 9.17) is 25.7 Å². The van der Waals surface area contributed by atoms with E-state index >= 15 is 0 Å². The summed E-state index contributed by atoms with van der Waals surface area (Å²) in [6.45, 7) is 2.12. The van der Waals surface area contributed by atoms with E-state index in [1.165, 1.54) is 0 Å². The first-order valence-electron chi connectivity index (χ1n) is 5.29. The molecule has 5 nitrogen and oxygen atoms in total. The van der Waals surface area contributed by atoms with Gasteiger partial charge < -0.3 is 25.7 Å². The third kappa shape index (κ3) is 2.62. The van der Waals surface area contributed by atoms with Crippen molar-refractivity contribution in [1.82, 2.24) is 0 Å². The van der Waals surface area contributed by atoms with Gasteiger partial charge in [0.25, 0.3) is 0 Å². The van der Waals surface area contributed by atoms with Gasteiger partial charge in [0.2, 0.25) is 0 Å². The van der Waals surface area contributed by atoms with Crippen molar-refractivity contribution >= 4 is 0 Å². The van der Waals surface area contributed by atoms with E-state index in [2.05, 4.69) is 0 Å². The normalized spacial score (nSPS) is 14.0. The lowest BCUT2D eigenvalue weighted by Crippen LogP contribution is -2.41. The summed E-state index contributed by atoms with van der Waals surface area (Å²) in [6, 6.07) is 3.53. The Hall–Kier alpha value is -1.46. The van der Waals surface area contributed by atoms with E-state index in [1.807, 2.05) is 6.92 Å². The molecule has 0 radical (unpaired) electrons. The van der Waals surface area contributed by atoms with E-state index in [0.29, 0.717) is 17.2 Å². The SMILES string of the molecule is COc1cc(OC)c(C(C)(N)CN)c(OC)c1. The Morgan fingerprint density at radius 1 is 1.06 bits per heavy atom. The molecule has 5 heteroatoms. The maximum absolute atomic E-state index is 6.16. The molecule has 1 rings (SSSR count). The number of rotatable bonds is 5. The molecule has 4 N–H and O–H groups in total. The fourth-order valence-electron chi connectivity index (χ4n) is 1.67. The third-order valence-corrected chi connectivity index (χ3v) is 2.71. The molecule has 0 bridgehead atoms. The van der Waals surface area contributed by atoms with Gasteiger partial charge in [-0.25, -0.2) is 0 Å². The molecule has 1 unspecified atom stereocenters. The summed E-state index contributed by atoms with van der Waals surface area (Å²) in [5.74, 6) is 1.86. The van der Waals surface area contributed by atoms with Gasteiger partial charge in [-0.05, 0) is 6.92 Å². The summed E-state index contributed by atoms with van der Waals surface area (Å²) >= 11 is 0. The predicted molar refractivity (Wildman–Crippen MR) is 66.7 cm³/mol. The molecule has 0 aliphatic heterocycles. The van der Waals surface area contributed by atoms with Crippen LogP contribution in [0, 0.1) is 0 Å². The predicted octanol–water partition coefficient (Wildman–Crippen LogP) is 0.845. The number of methoxy groups -OCH3 is 3. The van der Waals surface area contributed by atoms with E-state index in [9.17, 15) is 0 Å². The Morgan fingerprint density at radius 3 is 1.82 bits per heavy atom. The second kappa shape index (κ2) is 5.25. The Kier molecular flexibility index (Phi) is 4.20. The molecule has 0 heterocycles. The van der Waals surface area contributed by atoms with Crippen molar-refractivity contribution in [3.05, 3.63) is 17.7 Å². The second-order valence-corrected chi connectivity index (χ2v) is 4.03.